The first-order valence-corrected chi connectivity index (χ1v) is 22.5. The van der Waals surface area contributed by atoms with Gasteiger partial charge in [-0.1, -0.05) is 151 Å². The lowest BCUT2D eigenvalue weighted by Gasteiger charge is -2.43. The van der Waals surface area contributed by atoms with Gasteiger partial charge in [0.05, 0.1) is 0 Å². The summed E-state index contributed by atoms with van der Waals surface area (Å²) in [7, 11) is 0. The van der Waals surface area contributed by atoms with Gasteiger partial charge in [0.1, 0.15) is 0 Å². The summed E-state index contributed by atoms with van der Waals surface area (Å²) < 4.78 is 2.69. The van der Waals surface area contributed by atoms with Crippen molar-refractivity contribution in [2.24, 2.45) is 0 Å². The summed E-state index contributed by atoms with van der Waals surface area (Å²) in [5.41, 5.74) is 18.6. The monoisotopic (exact) mass is 811 g/mol. The summed E-state index contributed by atoms with van der Waals surface area (Å²) in [6, 6.07) is 66.3. The number of aromatic nitrogens is 1. The van der Waals surface area contributed by atoms with Gasteiger partial charge >= 0.3 is 6.85 Å². The van der Waals surface area contributed by atoms with Crippen LogP contribution in [-0.2, 0) is 10.8 Å². The second-order valence-corrected chi connectivity index (χ2v) is 19.9. The zero-order chi connectivity index (χ0) is 42.9. The van der Waals surface area contributed by atoms with Crippen LogP contribution in [0.25, 0.3) is 54.5 Å². The largest absolute Gasteiger partial charge is 0.375 e. The SMILES string of the molecule is Cc1c2c(cc3cc4ccccc4cc13)B1c3c(cc(N(c4ccccc4)c4ccccc4)cc3N2c2cc(C(C)(C)C)cc(C(C)(C)C)c2)-c2cccc3c4ccccc4n1c23. The fourth-order valence-electron chi connectivity index (χ4n) is 10.8. The first kappa shape index (κ1) is 37.7. The van der Waals surface area contributed by atoms with Gasteiger partial charge in [0.2, 0.25) is 0 Å². The van der Waals surface area contributed by atoms with Crippen LogP contribution in [0.15, 0.2) is 176 Å². The van der Waals surface area contributed by atoms with Crippen LogP contribution >= 0.6 is 0 Å². The van der Waals surface area contributed by atoms with Gasteiger partial charge in [0, 0.05) is 61.5 Å². The van der Waals surface area contributed by atoms with Gasteiger partial charge < -0.3 is 14.3 Å². The molecule has 0 saturated heterocycles. The number of hydrogen-bond acceptors (Lipinski definition) is 2. The lowest BCUT2D eigenvalue weighted by molar-refractivity contribution is 0.569. The number of para-hydroxylation sites is 4. The number of rotatable bonds is 4. The van der Waals surface area contributed by atoms with Crippen molar-refractivity contribution in [3.63, 3.8) is 0 Å². The molecule has 3 nitrogen and oxygen atoms in total. The fraction of sp³-hybridized carbons (Fsp3) is 0.153. The molecule has 0 saturated carbocycles. The molecule has 0 amide bonds. The molecule has 0 spiro atoms. The van der Waals surface area contributed by atoms with Gasteiger partial charge in [-0.3, -0.25) is 0 Å². The number of benzene rings is 9. The zero-order valence-corrected chi connectivity index (χ0v) is 37.2. The Hall–Kier alpha value is -7.04. The van der Waals surface area contributed by atoms with E-state index in [0.29, 0.717) is 0 Å². The average Bonchev–Trinajstić information content (AvgIpc) is 3.62. The highest BCUT2D eigenvalue weighted by Gasteiger charge is 2.44. The van der Waals surface area contributed by atoms with Crippen molar-refractivity contribution >= 4 is 95.2 Å². The molecule has 3 heterocycles. The molecule has 4 heteroatoms. The highest BCUT2D eigenvalue weighted by atomic mass is 15.2. The Morgan fingerprint density at radius 1 is 0.476 bits per heavy atom. The highest BCUT2D eigenvalue weighted by Crippen LogP contribution is 2.50. The standard InChI is InChI=1S/C59H50BN3/c1-37-50-30-39-20-15-14-19-38(39)29-40(50)31-52-56(37)62(45-33-41(58(2,3)4)32-42(34-45)59(5,6)7)54-36-46(61(43-21-10-8-11-22-43)44-23-12-9-13-24-44)35-51-49-27-18-26-48-47-25-16-17-28-53(47)63(57(48)49)60(52)55(51)54/h8-36H,1-7H3. The molecule has 1 aromatic heterocycles. The summed E-state index contributed by atoms with van der Waals surface area (Å²) in [5, 5.41) is 7.67. The molecule has 0 atom stereocenters. The smallest absolute Gasteiger partial charge is 0.333 e. The molecule has 0 fully saturated rings. The van der Waals surface area contributed by atoms with Gasteiger partial charge in [0.25, 0.3) is 0 Å². The van der Waals surface area contributed by atoms with E-state index in [9.17, 15) is 0 Å². The summed E-state index contributed by atoms with van der Waals surface area (Å²) >= 11 is 0. The maximum atomic E-state index is 2.69. The minimum absolute atomic E-state index is 0.0677. The molecule has 0 bridgehead atoms. The second kappa shape index (κ2) is 13.5. The maximum absolute atomic E-state index is 2.69. The van der Waals surface area contributed by atoms with Crippen LogP contribution in [0.4, 0.5) is 34.1 Å². The van der Waals surface area contributed by atoms with Crippen LogP contribution in [0.5, 0.6) is 0 Å². The van der Waals surface area contributed by atoms with Gasteiger partial charge in [-0.2, -0.15) is 0 Å². The van der Waals surface area contributed by atoms with Crippen molar-refractivity contribution < 1.29 is 0 Å². The van der Waals surface area contributed by atoms with Crippen LogP contribution in [0, 0.1) is 6.92 Å². The Morgan fingerprint density at radius 2 is 1.08 bits per heavy atom. The predicted molar refractivity (Wildman–Crippen MR) is 272 cm³/mol. The molecule has 10 aromatic rings. The van der Waals surface area contributed by atoms with Crippen molar-refractivity contribution in [1.29, 1.82) is 0 Å². The van der Waals surface area contributed by atoms with E-state index in [1.54, 1.807) is 0 Å². The summed E-state index contributed by atoms with van der Waals surface area (Å²) in [6.45, 7) is 16.4. The normalized spacial score (nSPS) is 13.3. The number of fused-ring (bicyclic) bond motifs is 9. The summed E-state index contributed by atoms with van der Waals surface area (Å²) in [4.78, 5) is 5.10. The minimum Gasteiger partial charge on any atom is -0.375 e. The molecule has 0 N–H and O–H groups in total. The summed E-state index contributed by atoms with van der Waals surface area (Å²) in [5.74, 6) is 0. The first-order chi connectivity index (χ1) is 30.4. The van der Waals surface area contributed by atoms with Crippen molar-refractivity contribution in [2.45, 2.75) is 59.3 Å². The molecular weight excluding hydrogens is 761 g/mol. The second-order valence-electron chi connectivity index (χ2n) is 19.9. The molecule has 304 valence electrons. The van der Waals surface area contributed by atoms with E-state index in [-0.39, 0.29) is 17.7 Å². The molecule has 0 aliphatic carbocycles. The van der Waals surface area contributed by atoms with Crippen molar-refractivity contribution in [2.75, 3.05) is 9.80 Å². The molecular formula is C59H50BN3. The molecule has 2 aliphatic rings. The van der Waals surface area contributed by atoms with Crippen LogP contribution < -0.4 is 20.7 Å². The van der Waals surface area contributed by atoms with Crippen LogP contribution in [-0.4, -0.2) is 11.3 Å². The molecule has 9 aromatic carbocycles. The minimum atomic E-state index is -0.0723. The van der Waals surface area contributed by atoms with E-state index in [2.05, 4.69) is 239 Å². The van der Waals surface area contributed by atoms with Crippen molar-refractivity contribution in [3.8, 4) is 11.1 Å². The van der Waals surface area contributed by atoms with E-state index in [1.165, 1.54) is 99.2 Å². The van der Waals surface area contributed by atoms with Gasteiger partial charge in [-0.25, -0.2) is 0 Å². The van der Waals surface area contributed by atoms with Gasteiger partial charge in [-0.05, 0) is 139 Å². The Kier molecular flexibility index (Phi) is 8.07. The van der Waals surface area contributed by atoms with Gasteiger partial charge in [-0.15, -0.1) is 0 Å². The highest BCUT2D eigenvalue weighted by molar-refractivity contribution is 6.90. The third-order valence-electron chi connectivity index (χ3n) is 13.9. The lowest BCUT2D eigenvalue weighted by Crippen LogP contribution is -2.57. The van der Waals surface area contributed by atoms with E-state index in [4.69, 9.17) is 0 Å². The number of nitrogens with zero attached hydrogens (tertiary/aromatic N) is 3. The Balaban J connectivity index is 1.28. The topological polar surface area (TPSA) is 11.4 Å². The van der Waals surface area contributed by atoms with Gasteiger partial charge in [0.15, 0.2) is 0 Å². The van der Waals surface area contributed by atoms with Crippen molar-refractivity contribution in [3.05, 3.63) is 193 Å². The number of hydrogen-bond donors (Lipinski definition) is 0. The zero-order valence-electron chi connectivity index (χ0n) is 37.2. The molecule has 12 rings (SSSR count). The predicted octanol–water partition coefficient (Wildman–Crippen LogP) is 14.9. The van der Waals surface area contributed by atoms with Crippen molar-refractivity contribution in [1.82, 2.24) is 4.48 Å². The first-order valence-electron chi connectivity index (χ1n) is 22.5. The Bertz CT molecular complexity index is 3420. The van der Waals surface area contributed by atoms with Crippen LogP contribution in [0.3, 0.4) is 0 Å². The van der Waals surface area contributed by atoms with E-state index < -0.39 is 0 Å². The Labute approximate surface area is 371 Å². The lowest BCUT2D eigenvalue weighted by atomic mass is 9.44. The van der Waals surface area contributed by atoms with E-state index >= 15 is 0 Å². The van der Waals surface area contributed by atoms with Crippen LogP contribution in [0.2, 0.25) is 0 Å². The average molecular weight is 812 g/mol. The van der Waals surface area contributed by atoms with Crippen LogP contribution in [0.1, 0.15) is 58.2 Å². The van der Waals surface area contributed by atoms with E-state index in [1.807, 2.05) is 0 Å². The quantitative estimate of drug-likeness (QED) is 0.130. The number of aryl methyl sites for hydroxylation is 1. The Morgan fingerprint density at radius 3 is 1.75 bits per heavy atom. The number of anilines is 6. The third kappa shape index (κ3) is 5.67. The molecule has 63 heavy (non-hydrogen) atoms. The fourth-order valence-corrected chi connectivity index (χ4v) is 10.8. The molecule has 0 unspecified atom stereocenters. The third-order valence-corrected chi connectivity index (χ3v) is 13.9. The molecule has 0 radical (unpaired) electrons. The molecule has 2 aliphatic heterocycles. The van der Waals surface area contributed by atoms with E-state index in [0.717, 1.165) is 17.1 Å². The summed E-state index contributed by atoms with van der Waals surface area (Å²) in [6.07, 6.45) is 0. The maximum Gasteiger partial charge on any atom is 0.333 e.